The number of nitrogens with one attached hydrogen (secondary N) is 2. The zero-order valence-corrected chi connectivity index (χ0v) is 20.7. The zero-order chi connectivity index (χ0) is 23.9. The minimum atomic E-state index is -0.225. The number of fused-ring (bicyclic) bond motifs is 1. The number of thioether (sulfide) groups is 2. The third-order valence-electron chi connectivity index (χ3n) is 4.83. The van der Waals surface area contributed by atoms with E-state index in [1.165, 1.54) is 52.6 Å². The topological polar surface area (TPSA) is 96.4 Å². The lowest BCUT2D eigenvalue weighted by Crippen LogP contribution is -2.37. The maximum Gasteiger partial charge on any atom is 0.248 e. The minimum absolute atomic E-state index is 0.0335. The molecular formula is C24H22N4O3S3. The number of nitrogens with zero attached hydrogens (tertiary/aromatic N) is 2. The van der Waals surface area contributed by atoms with Crippen LogP contribution >= 0.6 is 34.9 Å². The Morgan fingerprint density at radius 2 is 1.82 bits per heavy atom. The van der Waals surface area contributed by atoms with Crippen molar-refractivity contribution in [3.8, 4) is 11.5 Å². The van der Waals surface area contributed by atoms with Crippen LogP contribution in [0.25, 0.3) is 16.5 Å². The Morgan fingerprint density at radius 1 is 1.06 bits per heavy atom. The lowest BCUT2D eigenvalue weighted by atomic mass is 10.1. The maximum atomic E-state index is 12.2. The summed E-state index contributed by atoms with van der Waals surface area (Å²) in [4.78, 5) is 12.2. The molecule has 0 radical (unpaired) electrons. The number of phenolic OH excluding ortho intramolecular Hbond substituents is 1. The summed E-state index contributed by atoms with van der Waals surface area (Å²) in [5, 5.41) is 20.6. The number of carbonyl (C=O) groups excluding carboxylic acids is 1. The van der Waals surface area contributed by atoms with Gasteiger partial charge in [-0.05, 0) is 34.5 Å². The predicted molar refractivity (Wildman–Crippen MR) is 139 cm³/mol. The Morgan fingerprint density at radius 3 is 2.65 bits per heavy atom. The van der Waals surface area contributed by atoms with E-state index in [4.69, 9.17) is 4.74 Å². The van der Waals surface area contributed by atoms with Crippen LogP contribution in [0.5, 0.6) is 11.5 Å². The van der Waals surface area contributed by atoms with E-state index in [1.807, 2.05) is 12.1 Å². The highest BCUT2D eigenvalue weighted by Crippen LogP contribution is 2.32. The molecule has 0 aliphatic carbocycles. The third-order valence-corrected chi connectivity index (χ3v) is 8.07. The summed E-state index contributed by atoms with van der Waals surface area (Å²) in [6, 6.07) is 19.4. The van der Waals surface area contributed by atoms with Crippen LogP contribution in [0, 0.1) is 0 Å². The first kappa shape index (κ1) is 23.9. The zero-order valence-electron chi connectivity index (χ0n) is 18.3. The number of hydrazine groups is 1. The van der Waals surface area contributed by atoms with E-state index in [0.29, 0.717) is 17.0 Å². The summed E-state index contributed by atoms with van der Waals surface area (Å²) in [7, 11) is 1.47. The largest absolute Gasteiger partial charge is 0.504 e. The Kier molecular flexibility index (Phi) is 7.94. The van der Waals surface area contributed by atoms with Crippen LogP contribution in [0.15, 0.2) is 75.9 Å². The van der Waals surface area contributed by atoms with Crippen LogP contribution in [-0.2, 0) is 10.5 Å². The van der Waals surface area contributed by atoms with Gasteiger partial charge in [-0.3, -0.25) is 15.6 Å². The number of rotatable bonds is 10. The fourth-order valence-corrected chi connectivity index (χ4v) is 5.94. The molecule has 0 unspecified atom stereocenters. The van der Waals surface area contributed by atoms with Crippen LogP contribution in [0.2, 0.25) is 0 Å². The molecular weight excluding hydrogens is 488 g/mol. The molecule has 0 saturated carbocycles. The Balaban J connectivity index is 1.24. The van der Waals surface area contributed by atoms with Gasteiger partial charge in [0.05, 0.1) is 18.6 Å². The van der Waals surface area contributed by atoms with Gasteiger partial charge in [0.2, 0.25) is 5.91 Å². The van der Waals surface area contributed by atoms with E-state index in [9.17, 15) is 9.90 Å². The number of amides is 1. The van der Waals surface area contributed by atoms with Crippen molar-refractivity contribution in [2.75, 3.05) is 12.9 Å². The SMILES string of the molecule is C=C(NNC(=O)CSc1nnc(SCc2cccc3ccccc23)s1)c1ccc(O)c(OC)c1. The Labute approximate surface area is 209 Å². The highest BCUT2D eigenvalue weighted by atomic mass is 32.2. The molecule has 1 heterocycles. The predicted octanol–water partition coefficient (Wildman–Crippen LogP) is 5.08. The first-order valence-corrected chi connectivity index (χ1v) is 13.0. The van der Waals surface area contributed by atoms with Crippen molar-refractivity contribution in [2.45, 2.75) is 14.4 Å². The molecule has 0 aliphatic heterocycles. The lowest BCUT2D eigenvalue weighted by molar-refractivity contribution is -0.119. The van der Waals surface area contributed by atoms with Gasteiger partial charge < -0.3 is 9.84 Å². The number of ether oxygens (including phenoxy) is 1. The lowest BCUT2D eigenvalue weighted by Gasteiger charge is -2.12. The van der Waals surface area contributed by atoms with E-state index in [2.05, 4.69) is 58.0 Å². The van der Waals surface area contributed by atoms with Crippen LogP contribution in [0.3, 0.4) is 0 Å². The van der Waals surface area contributed by atoms with Crippen molar-refractivity contribution >= 4 is 57.2 Å². The van der Waals surface area contributed by atoms with Crippen molar-refractivity contribution in [3.63, 3.8) is 0 Å². The van der Waals surface area contributed by atoms with Gasteiger partial charge in [-0.2, -0.15) is 0 Å². The van der Waals surface area contributed by atoms with E-state index < -0.39 is 0 Å². The van der Waals surface area contributed by atoms with Gasteiger partial charge >= 0.3 is 0 Å². The molecule has 0 atom stereocenters. The molecule has 0 spiro atoms. The molecule has 3 aromatic carbocycles. The first-order valence-electron chi connectivity index (χ1n) is 10.2. The molecule has 4 rings (SSSR count). The average molecular weight is 511 g/mol. The molecule has 34 heavy (non-hydrogen) atoms. The van der Waals surface area contributed by atoms with Crippen molar-refractivity contribution in [3.05, 3.63) is 78.4 Å². The Hall–Kier alpha value is -3.21. The van der Waals surface area contributed by atoms with E-state index >= 15 is 0 Å². The van der Waals surface area contributed by atoms with Gasteiger partial charge in [-0.1, -0.05) is 83.9 Å². The van der Waals surface area contributed by atoms with Crippen LogP contribution in [0.1, 0.15) is 11.1 Å². The average Bonchev–Trinajstić information content (AvgIpc) is 3.33. The number of hydrogen-bond acceptors (Lipinski definition) is 9. The third kappa shape index (κ3) is 6.02. The van der Waals surface area contributed by atoms with Crippen LogP contribution < -0.4 is 15.6 Å². The number of hydrogen-bond donors (Lipinski definition) is 3. The molecule has 1 aromatic heterocycles. The maximum absolute atomic E-state index is 12.2. The molecule has 10 heteroatoms. The highest BCUT2D eigenvalue weighted by molar-refractivity contribution is 8.03. The minimum Gasteiger partial charge on any atom is -0.504 e. The van der Waals surface area contributed by atoms with E-state index in [-0.39, 0.29) is 17.4 Å². The second-order valence-electron chi connectivity index (χ2n) is 7.09. The van der Waals surface area contributed by atoms with Gasteiger partial charge in [-0.15, -0.1) is 10.2 Å². The number of methoxy groups -OCH3 is 1. The summed E-state index contributed by atoms with van der Waals surface area (Å²) >= 11 is 4.44. The molecule has 7 nitrogen and oxygen atoms in total. The molecule has 3 N–H and O–H groups in total. The smallest absolute Gasteiger partial charge is 0.248 e. The monoisotopic (exact) mass is 510 g/mol. The van der Waals surface area contributed by atoms with Crippen molar-refractivity contribution in [1.29, 1.82) is 0 Å². The summed E-state index contributed by atoms with van der Waals surface area (Å²) < 4.78 is 6.69. The summed E-state index contributed by atoms with van der Waals surface area (Å²) in [5.74, 6) is 1.12. The van der Waals surface area contributed by atoms with Crippen LogP contribution in [-0.4, -0.2) is 34.1 Å². The van der Waals surface area contributed by atoms with Crippen molar-refractivity contribution in [2.24, 2.45) is 0 Å². The van der Waals surface area contributed by atoms with E-state index in [0.717, 1.165) is 14.4 Å². The second kappa shape index (κ2) is 11.3. The second-order valence-corrected chi connectivity index (χ2v) is 10.5. The molecule has 0 saturated heterocycles. The fraction of sp³-hybridized carbons (Fsp3) is 0.125. The number of phenols is 1. The molecule has 0 fully saturated rings. The van der Waals surface area contributed by atoms with Gasteiger partial charge in [0.1, 0.15) is 0 Å². The molecule has 0 bridgehead atoms. The quantitative estimate of drug-likeness (QED) is 0.201. The standard InChI is InChI=1S/C24H22N4O3S3/c1-15(17-10-11-20(29)21(12-17)31-2)25-26-22(30)14-33-24-28-27-23(34-24)32-13-18-8-5-7-16-6-3-4-9-19(16)18/h3-12,25,29H,1,13-14H2,2H3,(H,26,30). The number of benzene rings is 3. The van der Waals surface area contributed by atoms with Gasteiger partial charge in [0.25, 0.3) is 0 Å². The first-order chi connectivity index (χ1) is 16.5. The summed E-state index contributed by atoms with van der Waals surface area (Å²) in [5.41, 5.74) is 7.80. The number of aromatic nitrogens is 2. The van der Waals surface area contributed by atoms with Crippen LogP contribution in [0.4, 0.5) is 0 Å². The van der Waals surface area contributed by atoms with Gasteiger partial charge in [0.15, 0.2) is 20.2 Å². The number of carbonyl (C=O) groups is 1. The van der Waals surface area contributed by atoms with Crippen molar-refractivity contribution in [1.82, 2.24) is 21.0 Å². The van der Waals surface area contributed by atoms with Gasteiger partial charge in [0, 0.05) is 11.3 Å². The molecule has 0 aliphatic rings. The van der Waals surface area contributed by atoms with Crippen molar-refractivity contribution < 1.29 is 14.6 Å². The molecule has 4 aromatic rings. The molecule has 174 valence electrons. The Bertz CT molecular complexity index is 1320. The summed E-state index contributed by atoms with van der Waals surface area (Å²) in [6.07, 6.45) is 0. The normalized spacial score (nSPS) is 10.7. The molecule has 1 amide bonds. The number of aromatic hydroxyl groups is 1. The fourth-order valence-electron chi connectivity index (χ4n) is 3.12. The van der Waals surface area contributed by atoms with E-state index in [1.54, 1.807) is 23.9 Å². The summed E-state index contributed by atoms with van der Waals surface area (Å²) in [6.45, 7) is 3.90. The highest BCUT2D eigenvalue weighted by Gasteiger charge is 2.11. The van der Waals surface area contributed by atoms with Gasteiger partial charge in [-0.25, -0.2) is 0 Å².